The lowest BCUT2D eigenvalue weighted by atomic mass is 10.2. The molecule has 0 aliphatic rings. The van der Waals surface area contributed by atoms with Crippen LogP contribution in [0.2, 0.25) is 0 Å². The highest BCUT2D eigenvalue weighted by Gasteiger charge is 1.99. The van der Waals surface area contributed by atoms with Crippen LogP contribution in [0.3, 0.4) is 0 Å². The molecule has 0 amide bonds. The summed E-state index contributed by atoms with van der Waals surface area (Å²) in [5.74, 6) is -0.980. The van der Waals surface area contributed by atoms with Crippen molar-refractivity contribution in [3.8, 4) is 0 Å². The van der Waals surface area contributed by atoms with Crippen LogP contribution < -0.4 is 5.11 Å². The number of aromatic amines is 1. The van der Waals surface area contributed by atoms with Gasteiger partial charge in [0.05, 0.1) is 0 Å². The number of H-pyrrole nitrogens is 1. The molecule has 0 atom stereocenters. The van der Waals surface area contributed by atoms with E-state index in [-0.39, 0.29) is 6.42 Å². The molecule has 3 nitrogen and oxygen atoms in total. The second-order valence-electron chi connectivity index (χ2n) is 3.61. The molecule has 0 spiro atoms. The molecule has 15 heavy (non-hydrogen) atoms. The van der Waals surface area contributed by atoms with Crippen molar-refractivity contribution >= 4 is 16.9 Å². The van der Waals surface area contributed by atoms with Crippen LogP contribution in [0.15, 0.2) is 30.3 Å². The van der Waals surface area contributed by atoms with Gasteiger partial charge in [-0.05, 0) is 36.8 Å². The highest BCUT2D eigenvalue weighted by molar-refractivity contribution is 5.80. The molecule has 0 aliphatic heterocycles. The normalized spacial score (nSPS) is 10.7. The SMILES string of the molecule is O=C([O-])CCCc1cc2ccccc2[nH]1. The summed E-state index contributed by atoms with van der Waals surface area (Å²) in [6, 6.07) is 10.1. The van der Waals surface area contributed by atoms with Gasteiger partial charge in [-0.2, -0.15) is 0 Å². The second-order valence-corrected chi connectivity index (χ2v) is 3.61. The molecule has 1 aromatic heterocycles. The van der Waals surface area contributed by atoms with Crippen molar-refractivity contribution in [1.82, 2.24) is 4.98 Å². The van der Waals surface area contributed by atoms with Crippen LogP contribution in [0.4, 0.5) is 0 Å². The van der Waals surface area contributed by atoms with Crippen molar-refractivity contribution in [3.63, 3.8) is 0 Å². The molecule has 0 unspecified atom stereocenters. The van der Waals surface area contributed by atoms with Gasteiger partial charge in [-0.1, -0.05) is 18.2 Å². The summed E-state index contributed by atoms with van der Waals surface area (Å²) in [6.45, 7) is 0. The fourth-order valence-corrected chi connectivity index (χ4v) is 1.69. The minimum absolute atomic E-state index is 0.120. The van der Waals surface area contributed by atoms with E-state index in [1.807, 2.05) is 24.3 Å². The first-order chi connectivity index (χ1) is 7.25. The first-order valence-electron chi connectivity index (χ1n) is 5.02. The third kappa shape index (κ3) is 2.37. The Labute approximate surface area is 87.7 Å². The summed E-state index contributed by atoms with van der Waals surface area (Å²) in [4.78, 5) is 13.5. The van der Waals surface area contributed by atoms with E-state index < -0.39 is 5.97 Å². The Kier molecular flexibility index (Phi) is 2.72. The number of hydrogen-bond donors (Lipinski definition) is 1. The van der Waals surface area contributed by atoms with Gasteiger partial charge in [0.2, 0.25) is 0 Å². The highest BCUT2D eigenvalue weighted by Crippen LogP contribution is 2.15. The number of aryl methyl sites for hydroxylation is 1. The number of rotatable bonds is 4. The molecule has 0 fully saturated rings. The van der Waals surface area contributed by atoms with Crippen molar-refractivity contribution in [2.45, 2.75) is 19.3 Å². The Balaban J connectivity index is 2.05. The van der Waals surface area contributed by atoms with E-state index in [0.717, 1.165) is 17.6 Å². The van der Waals surface area contributed by atoms with Gasteiger partial charge >= 0.3 is 0 Å². The fourth-order valence-electron chi connectivity index (χ4n) is 1.69. The van der Waals surface area contributed by atoms with Gasteiger partial charge in [0.25, 0.3) is 0 Å². The number of aromatic nitrogens is 1. The minimum atomic E-state index is -0.980. The summed E-state index contributed by atoms with van der Waals surface area (Å²) in [5.41, 5.74) is 2.18. The first kappa shape index (κ1) is 9.77. The van der Waals surface area contributed by atoms with Crippen LogP contribution in [0.1, 0.15) is 18.5 Å². The Morgan fingerprint density at radius 1 is 1.33 bits per heavy atom. The van der Waals surface area contributed by atoms with E-state index in [0.29, 0.717) is 6.42 Å². The lowest BCUT2D eigenvalue weighted by Gasteiger charge is -1.99. The van der Waals surface area contributed by atoms with Crippen molar-refractivity contribution in [2.24, 2.45) is 0 Å². The number of hydrogen-bond acceptors (Lipinski definition) is 2. The monoisotopic (exact) mass is 202 g/mol. The number of nitrogens with one attached hydrogen (secondary N) is 1. The summed E-state index contributed by atoms with van der Waals surface area (Å²) < 4.78 is 0. The van der Waals surface area contributed by atoms with E-state index in [9.17, 15) is 9.90 Å². The zero-order chi connectivity index (χ0) is 10.7. The molecule has 0 saturated heterocycles. The molecule has 0 saturated carbocycles. The molecule has 1 aromatic carbocycles. The summed E-state index contributed by atoms with van der Waals surface area (Å²) in [5, 5.41) is 11.4. The predicted molar refractivity (Wildman–Crippen MR) is 56.2 cm³/mol. The van der Waals surface area contributed by atoms with E-state index in [4.69, 9.17) is 0 Å². The molecule has 3 heteroatoms. The third-order valence-corrected chi connectivity index (χ3v) is 2.41. The van der Waals surface area contributed by atoms with Gasteiger partial charge < -0.3 is 14.9 Å². The second kappa shape index (κ2) is 4.17. The summed E-state index contributed by atoms with van der Waals surface area (Å²) >= 11 is 0. The first-order valence-corrected chi connectivity index (χ1v) is 5.02. The number of carbonyl (C=O) groups excluding carboxylic acids is 1. The van der Waals surface area contributed by atoms with Gasteiger partial charge in [0.1, 0.15) is 0 Å². The molecule has 2 rings (SSSR count). The molecule has 0 radical (unpaired) electrons. The number of aliphatic carboxylic acids is 1. The number of para-hydroxylation sites is 1. The Hall–Kier alpha value is -1.77. The van der Waals surface area contributed by atoms with Gasteiger partial charge in [0.15, 0.2) is 0 Å². The Morgan fingerprint density at radius 2 is 2.13 bits per heavy atom. The summed E-state index contributed by atoms with van der Waals surface area (Å²) in [7, 11) is 0. The lowest BCUT2D eigenvalue weighted by Crippen LogP contribution is -2.21. The Bertz CT molecular complexity index is 440. The number of carboxylic acids is 1. The van der Waals surface area contributed by atoms with E-state index in [1.54, 1.807) is 0 Å². The topological polar surface area (TPSA) is 55.9 Å². The van der Waals surface area contributed by atoms with E-state index >= 15 is 0 Å². The van der Waals surface area contributed by atoms with Gasteiger partial charge in [0, 0.05) is 17.2 Å². The molecule has 1 heterocycles. The average Bonchev–Trinajstić information content (AvgIpc) is 2.59. The quantitative estimate of drug-likeness (QED) is 0.811. The van der Waals surface area contributed by atoms with Crippen LogP contribution in [0, 0.1) is 0 Å². The third-order valence-electron chi connectivity index (χ3n) is 2.41. The summed E-state index contributed by atoms with van der Waals surface area (Å²) in [6.07, 6.45) is 1.49. The number of benzene rings is 1. The molecule has 0 aliphatic carbocycles. The van der Waals surface area contributed by atoms with Crippen molar-refractivity contribution in [1.29, 1.82) is 0 Å². The molecule has 2 aromatic rings. The number of carboxylic acid groups (broad SMARTS) is 1. The largest absolute Gasteiger partial charge is 0.550 e. The minimum Gasteiger partial charge on any atom is -0.550 e. The van der Waals surface area contributed by atoms with Gasteiger partial charge in [-0.25, -0.2) is 0 Å². The molecule has 0 bridgehead atoms. The average molecular weight is 202 g/mol. The molecular formula is C12H12NO2-. The zero-order valence-corrected chi connectivity index (χ0v) is 8.32. The highest BCUT2D eigenvalue weighted by atomic mass is 16.4. The predicted octanol–water partition coefficient (Wildman–Crippen LogP) is 1.24. The smallest absolute Gasteiger partial charge is 0.0456 e. The van der Waals surface area contributed by atoms with Gasteiger partial charge in [-0.15, -0.1) is 0 Å². The Morgan fingerprint density at radius 3 is 2.87 bits per heavy atom. The maximum absolute atomic E-state index is 10.2. The molecular weight excluding hydrogens is 190 g/mol. The van der Waals surface area contributed by atoms with Gasteiger partial charge in [-0.3, -0.25) is 0 Å². The van der Waals surface area contributed by atoms with E-state index in [2.05, 4.69) is 11.1 Å². The van der Waals surface area contributed by atoms with Crippen molar-refractivity contribution in [2.75, 3.05) is 0 Å². The number of fused-ring (bicyclic) bond motifs is 1. The van der Waals surface area contributed by atoms with E-state index in [1.165, 1.54) is 5.39 Å². The molecule has 78 valence electrons. The van der Waals surface area contributed by atoms with Crippen molar-refractivity contribution < 1.29 is 9.90 Å². The molecule has 1 N–H and O–H groups in total. The maximum atomic E-state index is 10.2. The lowest BCUT2D eigenvalue weighted by molar-refractivity contribution is -0.305. The fraction of sp³-hybridized carbons (Fsp3) is 0.250. The van der Waals surface area contributed by atoms with Crippen LogP contribution in [-0.2, 0) is 11.2 Å². The van der Waals surface area contributed by atoms with Crippen LogP contribution in [0.5, 0.6) is 0 Å². The number of carbonyl (C=O) groups is 1. The van der Waals surface area contributed by atoms with Crippen LogP contribution >= 0.6 is 0 Å². The van der Waals surface area contributed by atoms with Crippen molar-refractivity contribution in [3.05, 3.63) is 36.0 Å². The zero-order valence-electron chi connectivity index (χ0n) is 8.32. The van der Waals surface area contributed by atoms with Crippen LogP contribution in [0.25, 0.3) is 10.9 Å². The van der Waals surface area contributed by atoms with Crippen LogP contribution in [-0.4, -0.2) is 11.0 Å². The maximum Gasteiger partial charge on any atom is 0.0456 e. The standard InChI is InChI=1S/C12H13NO2/c14-12(15)7-3-5-10-8-9-4-1-2-6-11(9)13-10/h1-2,4,6,8,13H,3,5,7H2,(H,14,15)/p-1.